The minimum absolute atomic E-state index is 0.0807. The molecule has 0 radical (unpaired) electrons. The minimum Gasteiger partial charge on any atom is -0.444 e. The van der Waals surface area contributed by atoms with Crippen LogP contribution in [-0.2, 0) is 9.53 Å². The van der Waals surface area contributed by atoms with Crippen LogP contribution in [0.25, 0.3) is 0 Å². The van der Waals surface area contributed by atoms with E-state index >= 15 is 0 Å². The van der Waals surface area contributed by atoms with Crippen LogP contribution in [-0.4, -0.2) is 58.8 Å². The normalized spacial score (nSPS) is 16.6. The summed E-state index contributed by atoms with van der Waals surface area (Å²) in [6.07, 6.45) is 15.0. The number of allylic oxidation sites excluding steroid dienone is 8. The van der Waals surface area contributed by atoms with Gasteiger partial charge in [-0.15, -0.1) is 0 Å². The van der Waals surface area contributed by atoms with Crippen LogP contribution >= 0.6 is 0 Å². The summed E-state index contributed by atoms with van der Waals surface area (Å²) in [6.45, 7) is 36.3. The van der Waals surface area contributed by atoms with Crippen molar-refractivity contribution in [3.8, 4) is 0 Å². The first kappa shape index (κ1) is 47.1. The molecule has 1 heterocycles. The van der Waals surface area contributed by atoms with Gasteiger partial charge >= 0.3 is 6.09 Å². The zero-order chi connectivity index (χ0) is 36.5. The van der Waals surface area contributed by atoms with Crippen LogP contribution in [0.2, 0.25) is 0 Å². The molecule has 0 spiro atoms. The number of amides is 2. The molecule has 1 unspecified atom stereocenters. The molecule has 1 fully saturated rings. The van der Waals surface area contributed by atoms with Crippen molar-refractivity contribution < 1.29 is 14.3 Å². The van der Waals surface area contributed by atoms with Crippen LogP contribution < -0.4 is 5.73 Å². The molecule has 1 aliphatic rings. The average Bonchev–Trinajstić information content (AvgIpc) is 3.00. The monoisotopic (exact) mass is 643 g/mol. The highest BCUT2D eigenvalue weighted by Gasteiger charge is 2.31. The number of aliphatic imine (C=N–C) groups is 1. The van der Waals surface area contributed by atoms with Gasteiger partial charge in [-0.3, -0.25) is 9.79 Å². The Morgan fingerprint density at radius 1 is 1.04 bits per heavy atom. The van der Waals surface area contributed by atoms with Gasteiger partial charge in [-0.2, -0.15) is 0 Å². The average molecular weight is 643 g/mol. The number of primary amides is 1. The van der Waals surface area contributed by atoms with Crippen molar-refractivity contribution in [3.05, 3.63) is 71.1 Å². The van der Waals surface area contributed by atoms with Gasteiger partial charge < -0.3 is 20.3 Å². The molecule has 0 aliphatic carbocycles. The molecular weight excluding hydrogens is 572 g/mol. The summed E-state index contributed by atoms with van der Waals surface area (Å²) in [6, 6.07) is 0.0807. The van der Waals surface area contributed by atoms with E-state index in [-0.39, 0.29) is 18.0 Å². The van der Waals surface area contributed by atoms with Gasteiger partial charge in [0, 0.05) is 54.4 Å². The van der Waals surface area contributed by atoms with Gasteiger partial charge in [0.1, 0.15) is 5.60 Å². The quantitative estimate of drug-likeness (QED) is 0.138. The SMILES string of the molecule is C=CN=C(C)C(/C(=C\C)CC)=C(\C)N1CCN(C(=O)OC(C)(C)C)C(C)C1.CC.CC.CC/C=C/C=C(\C=C(/C)CCC)C(N)=O. The maximum absolute atomic E-state index is 12.5. The molecule has 1 atom stereocenters. The summed E-state index contributed by atoms with van der Waals surface area (Å²) in [7, 11) is 0. The standard InChI is InChI=1S/C22H37N3O2.C13H21NO.2C2H6/c1-10-19(11-2)20(17(5)23-12-3)18(6)24-13-14-25(16(4)15-24)21(26)27-22(7,8)9;1-4-6-7-9-12(13(14)15)10-11(3)8-5-2;2*1-2/h10,12,16H,3,11,13-15H2,1-2,4-9H3;6-7,9-10H,4-5,8H2,1-3H3,(H2,14,15);2*1-2H3/b19-10-,20-18-,23-17?;7-6+,11-10+,12-9+;;. The van der Waals surface area contributed by atoms with E-state index in [1.165, 1.54) is 22.4 Å². The maximum atomic E-state index is 12.5. The number of ether oxygens (including phenoxy) is 1. The van der Waals surface area contributed by atoms with Gasteiger partial charge in [0.2, 0.25) is 5.91 Å². The van der Waals surface area contributed by atoms with Crippen molar-refractivity contribution >= 4 is 17.7 Å². The molecule has 1 saturated heterocycles. The van der Waals surface area contributed by atoms with Crippen LogP contribution in [0.3, 0.4) is 0 Å². The van der Waals surface area contributed by atoms with Gasteiger partial charge in [-0.1, -0.05) is 91.3 Å². The molecule has 2 amide bonds. The van der Waals surface area contributed by atoms with Crippen LogP contribution in [0.5, 0.6) is 0 Å². The summed E-state index contributed by atoms with van der Waals surface area (Å²) in [5.41, 5.74) is 11.2. The van der Waals surface area contributed by atoms with E-state index in [1.807, 2.05) is 92.4 Å². The molecule has 0 aromatic rings. The number of rotatable bonds is 11. The van der Waals surface area contributed by atoms with Crippen molar-refractivity contribution in [1.29, 1.82) is 0 Å². The fourth-order valence-corrected chi connectivity index (χ4v) is 4.71. The fraction of sp³-hybridized carbons (Fsp3) is 0.615. The van der Waals surface area contributed by atoms with Crippen LogP contribution in [0.4, 0.5) is 4.79 Å². The molecule has 46 heavy (non-hydrogen) atoms. The third-order valence-corrected chi connectivity index (χ3v) is 6.77. The second kappa shape index (κ2) is 26.8. The number of nitrogens with two attached hydrogens (primary N) is 1. The Morgan fingerprint density at radius 3 is 2.04 bits per heavy atom. The Bertz CT molecular complexity index is 1080. The highest BCUT2D eigenvalue weighted by Crippen LogP contribution is 2.25. The zero-order valence-corrected chi connectivity index (χ0v) is 32.3. The van der Waals surface area contributed by atoms with Gasteiger partial charge in [-0.25, -0.2) is 4.79 Å². The van der Waals surface area contributed by atoms with E-state index in [1.54, 1.807) is 12.3 Å². The van der Waals surface area contributed by atoms with Gasteiger partial charge in [0.05, 0.1) is 0 Å². The lowest BCUT2D eigenvalue weighted by atomic mass is 9.96. The minimum atomic E-state index is -0.475. The number of hydrogen-bond donors (Lipinski definition) is 1. The molecule has 2 N–H and O–H groups in total. The molecule has 264 valence electrons. The van der Waals surface area contributed by atoms with Crippen LogP contribution in [0, 0.1) is 0 Å². The van der Waals surface area contributed by atoms with Crippen molar-refractivity contribution in [3.63, 3.8) is 0 Å². The summed E-state index contributed by atoms with van der Waals surface area (Å²) < 4.78 is 5.55. The molecule has 0 saturated carbocycles. The van der Waals surface area contributed by atoms with Crippen LogP contribution in [0.15, 0.2) is 76.1 Å². The smallest absolute Gasteiger partial charge is 0.410 e. The van der Waals surface area contributed by atoms with Crippen LogP contribution in [0.1, 0.15) is 130 Å². The first-order chi connectivity index (χ1) is 21.7. The Morgan fingerprint density at radius 2 is 1.63 bits per heavy atom. The molecular formula is C39H70N4O3. The maximum Gasteiger partial charge on any atom is 0.410 e. The second-order valence-corrected chi connectivity index (χ2v) is 11.6. The lowest BCUT2D eigenvalue weighted by molar-refractivity contribution is -0.114. The molecule has 1 aliphatic heterocycles. The predicted octanol–water partition coefficient (Wildman–Crippen LogP) is 10.3. The van der Waals surface area contributed by atoms with Crippen molar-refractivity contribution in [2.75, 3.05) is 19.6 Å². The van der Waals surface area contributed by atoms with E-state index in [0.29, 0.717) is 12.1 Å². The predicted molar refractivity (Wildman–Crippen MR) is 202 cm³/mol. The Labute approximate surface area is 284 Å². The van der Waals surface area contributed by atoms with E-state index in [0.717, 1.165) is 44.5 Å². The Kier molecular flexibility index (Phi) is 27.4. The summed E-state index contributed by atoms with van der Waals surface area (Å²) >= 11 is 0. The molecule has 0 aromatic heterocycles. The van der Waals surface area contributed by atoms with Gasteiger partial charge in [-0.05, 0) is 86.3 Å². The van der Waals surface area contributed by atoms with E-state index < -0.39 is 5.60 Å². The van der Waals surface area contributed by atoms with Gasteiger partial charge in [0.15, 0.2) is 0 Å². The second-order valence-electron chi connectivity index (χ2n) is 11.6. The Hall–Kier alpha value is -3.35. The van der Waals surface area contributed by atoms with Crippen molar-refractivity contribution in [2.45, 2.75) is 141 Å². The van der Waals surface area contributed by atoms with Crippen molar-refractivity contribution in [2.24, 2.45) is 10.7 Å². The highest BCUT2D eigenvalue weighted by molar-refractivity contribution is 6.03. The largest absolute Gasteiger partial charge is 0.444 e. The molecule has 1 rings (SSSR count). The van der Waals surface area contributed by atoms with Gasteiger partial charge in [0.25, 0.3) is 0 Å². The number of nitrogens with zero attached hydrogens (tertiary/aromatic N) is 3. The molecule has 0 bridgehead atoms. The molecule has 0 aromatic carbocycles. The number of piperazine rings is 1. The van der Waals surface area contributed by atoms with E-state index in [9.17, 15) is 9.59 Å². The fourth-order valence-electron chi connectivity index (χ4n) is 4.71. The summed E-state index contributed by atoms with van der Waals surface area (Å²) in [5.74, 6) is -0.369. The number of carbonyl (C=O) groups is 2. The highest BCUT2D eigenvalue weighted by atomic mass is 16.6. The first-order valence-electron chi connectivity index (χ1n) is 17.3. The van der Waals surface area contributed by atoms with E-state index in [2.05, 4.69) is 57.2 Å². The lowest BCUT2D eigenvalue weighted by Gasteiger charge is -2.42. The first-order valence-corrected chi connectivity index (χ1v) is 17.3. The van der Waals surface area contributed by atoms with Crippen molar-refractivity contribution in [1.82, 2.24) is 9.80 Å². The third kappa shape index (κ3) is 19.2. The lowest BCUT2D eigenvalue weighted by Crippen LogP contribution is -2.54. The topological polar surface area (TPSA) is 88.2 Å². The molecule has 7 heteroatoms. The summed E-state index contributed by atoms with van der Waals surface area (Å²) in [5, 5.41) is 0. The zero-order valence-electron chi connectivity index (χ0n) is 32.3. The third-order valence-electron chi connectivity index (χ3n) is 6.77. The van der Waals surface area contributed by atoms with E-state index in [4.69, 9.17) is 10.5 Å². The number of hydrogen-bond acceptors (Lipinski definition) is 5. The summed E-state index contributed by atoms with van der Waals surface area (Å²) in [4.78, 5) is 32.2. The Balaban J connectivity index is -0.000000825. The number of carbonyl (C=O) groups excluding carboxylic acids is 2. The molecule has 7 nitrogen and oxygen atoms in total.